The van der Waals surface area contributed by atoms with E-state index in [9.17, 15) is 0 Å². The van der Waals surface area contributed by atoms with Crippen LogP contribution in [0.2, 0.25) is 0 Å². The standard InChI is InChI=1S/C32H54N4O2S2.ClH/c1-37-31-15-11-29(12-16-31)27-35-21-9-5-3-7-19-33-23-25-39-40-26-24-34-20-8-4-6-10-22-36-28-30-13-17-32(38-2)18-14-30;/h11-18,33-36H,3-10,19-28H2,1-2H3;1H. The predicted molar refractivity (Wildman–Crippen MR) is 184 cm³/mol. The number of hydrogen-bond donors (Lipinski definition) is 4. The highest BCUT2D eigenvalue weighted by Crippen LogP contribution is 2.19. The highest BCUT2D eigenvalue weighted by atomic mass is 35.5. The fourth-order valence-corrected chi connectivity index (χ4v) is 6.15. The molecule has 41 heavy (non-hydrogen) atoms. The van der Waals surface area contributed by atoms with Gasteiger partial charge >= 0.3 is 0 Å². The van der Waals surface area contributed by atoms with E-state index < -0.39 is 0 Å². The summed E-state index contributed by atoms with van der Waals surface area (Å²) in [5, 5.41) is 14.3. The zero-order valence-electron chi connectivity index (χ0n) is 25.4. The van der Waals surface area contributed by atoms with Crippen LogP contribution in [0.25, 0.3) is 0 Å². The van der Waals surface area contributed by atoms with Crippen LogP contribution >= 0.6 is 34.0 Å². The van der Waals surface area contributed by atoms with Gasteiger partial charge in [0.05, 0.1) is 14.2 Å². The summed E-state index contributed by atoms with van der Waals surface area (Å²) in [6.07, 6.45) is 10.3. The van der Waals surface area contributed by atoms with Gasteiger partial charge in [-0.2, -0.15) is 0 Å². The van der Waals surface area contributed by atoms with E-state index in [4.69, 9.17) is 9.47 Å². The van der Waals surface area contributed by atoms with Crippen LogP contribution in [-0.4, -0.2) is 65.0 Å². The second kappa shape index (κ2) is 27.7. The molecule has 0 saturated carbocycles. The summed E-state index contributed by atoms with van der Waals surface area (Å²) in [6, 6.07) is 16.6. The van der Waals surface area contributed by atoms with Crippen molar-refractivity contribution < 1.29 is 9.47 Å². The van der Waals surface area contributed by atoms with E-state index in [1.54, 1.807) is 14.2 Å². The second-order valence-electron chi connectivity index (χ2n) is 10.0. The number of halogens is 1. The lowest BCUT2D eigenvalue weighted by Crippen LogP contribution is -2.19. The van der Waals surface area contributed by atoms with Crippen molar-refractivity contribution in [1.82, 2.24) is 21.3 Å². The molecule has 0 aliphatic rings. The van der Waals surface area contributed by atoms with Crippen LogP contribution < -0.4 is 30.7 Å². The summed E-state index contributed by atoms with van der Waals surface area (Å²) < 4.78 is 10.4. The average molecular weight is 627 g/mol. The molecular weight excluding hydrogens is 572 g/mol. The van der Waals surface area contributed by atoms with Gasteiger partial charge in [0.1, 0.15) is 11.5 Å². The maximum atomic E-state index is 5.20. The van der Waals surface area contributed by atoms with Gasteiger partial charge < -0.3 is 30.7 Å². The Morgan fingerprint density at radius 3 is 1.15 bits per heavy atom. The van der Waals surface area contributed by atoms with Crippen LogP contribution in [0.15, 0.2) is 48.5 Å². The van der Waals surface area contributed by atoms with Crippen LogP contribution in [0.3, 0.4) is 0 Å². The first-order chi connectivity index (χ1) is 19.8. The first kappa shape index (κ1) is 37.9. The van der Waals surface area contributed by atoms with Crippen molar-refractivity contribution in [2.24, 2.45) is 0 Å². The lowest BCUT2D eigenvalue weighted by Gasteiger charge is -2.07. The molecule has 2 aromatic rings. The number of hydrogen-bond acceptors (Lipinski definition) is 8. The number of ether oxygens (including phenoxy) is 2. The Bertz CT molecular complexity index is 762. The molecule has 4 N–H and O–H groups in total. The fourth-order valence-electron chi connectivity index (χ4n) is 4.25. The summed E-state index contributed by atoms with van der Waals surface area (Å²) in [5.41, 5.74) is 2.62. The number of rotatable bonds is 27. The van der Waals surface area contributed by atoms with Crippen molar-refractivity contribution >= 4 is 34.0 Å². The minimum absolute atomic E-state index is 0. The van der Waals surface area contributed by atoms with Crippen molar-refractivity contribution in [3.63, 3.8) is 0 Å². The largest absolute Gasteiger partial charge is 0.497 e. The van der Waals surface area contributed by atoms with Crippen LogP contribution in [0.1, 0.15) is 62.5 Å². The average Bonchev–Trinajstić information content (AvgIpc) is 3.00. The SMILES string of the molecule is COc1ccc(CNCCCCCCNCCSSCCNCCCCCCNCc2ccc(OC)cc2)cc1.Cl. The third-order valence-electron chi connectivity index (χ3n) is 6.70. The summed E-state index contributed by atoms with van der Waals surface area (Å²) in [4.78, 5) is 0. The van der Waals surface area contributed by atoms with Crippen LogP contribution in [0.4, 0.5) is 0 Å². The summed E-state index contributed by atoms with van der Waals surface area (Å²) in [6.45, 7) is 8.56. The molecule has 0 saturated heterocycles. The lowest BCUT2D eigenvalue weighted by atomic mass is 10.2. The second-order valence-corrected chi connectivity index (χ2v) is 12.7. The minimum atomic E-state index is 0. The van der Waals surface area contributed by atoms with Crippen molar-refractivity contribution in [3.8, 4) is 11.5 Å². The highest BCUT2D eigenvalue weighted by Gasteiger charge is 1.97. The molecule has 9 heteroatoms. The zero-order chi connectivity index (χ0) is 28.4. The van der Waals surface area contributed by atoms with E-state index >= 15 is 0 Å². The Labute approximate surface area is 264 Å². The molecule has 2 aromatic carbocycles. The molecule has 0 fully saturated rings. The maximum Gasteiger partial charge on any atom is 0.118 e. The topological polar surface area (TPSA) is 66.6 Å². The molecule has 6 nitrogen and oxygen atoms in total. The van der Waals surface area contributed by atoms with E-state index in [2.05, 4.69) is 45.5 Å². The van der Waals surface area contributed by atoms with Crippen molar-refractivity contribution in [1.29, 1.82) is 0 Å². The molecular formula is C32H55ClN4O2S2. The van der Waals surface area contributed by atoms with Crippen LogP contribution in [0, 0.1) is 0 Å². The Balaban J connectivity index is 0.00000840. The third kappa shape index (κ3) is 21.2. The van der Waals surface area contributed by atoms with Gasteiger partial charge in [0, 0.05) is 37.7 Å². The number of benzene rings is 2. The molecule has 0 aromatic heterocycles. The predicted octanol–water partition coefficient (Wildman–Crippen LogP) is 6.69. The van der Waals surface area contributed by atoms with Gasteiger partial charge in [0.25, 0.3) is 0 Å². The van der Waals surface area contributed by atoms with Gasteiger partial charge in [-0.25, -0.2) is 0 Å². The van der Waals surface area contributed by atoms with E-state index in [1.807, 2.05) is 45.9 Å². The molecule has 0 aliphatic carbocycles. The van der Waals surface area contributed by atoms with E-state index in [0.717, 1.165) is 63.9 Å². The molecule has 234 valence electrons. The first-order valence-electron chi connectivity index (χ1n) is 15.1. The molecule has 0 bridgehead atoms. The maximum absolute atomic E-state index is 5.20. The summed E-state index contributed by atoms with van der Waals surface area (Å²) >= 11 is 0. The first-order valence-corrected chi connectivity index (χ1v) is 17.6. The third-order valence-corrected chi connectivity index (χ3v) is 9.11. The Kier molecular flexibility index (Phi) is 25.6. The number of methoxy groups -OCH3 is 2. The number of nitrogens with one attached hydrogen (secondary N) is 4. The summed E-state index contributed by atoms with van der Waals surface area (Å²) in [7, 11) is 7.40. The monoisotopic (exact) mass is 626 g/mol. The molecule has 0 atom stereocenters. The number of unbranched alkanes of at least 4 members (excludes halogenated alkanes) is 6. The fraction of sp³-hybridized carbons (Fsp3) is 0.625. The quantitative estimate of drug-likeness (QED) is 0.0646. The highest BCUT2D eigenvalue weighted by molar-refractivity contribution is 8.76. The van der Waals surface area contributed by atoms with Crippen LogP contribution in [0.5, 0.6) is 11.5 Å². The van der Waals surface area contributed by atoms with E-state index in [-0.39, 0.29) is 12.4 Å². The van der Waals surface area contributed by atoms with E-state index in [1.165, 1.54) is 74.0 Å². The van der Waals surface area contributed by atoms with Crippen molar-refractivity contribution in [2.45, 2.75) is 64.5 Å². The van der Waals surface area contributed by atoms with Gasteiger partial charge in [0.15, 0.2) is 0 Å². The normalized spacial score (nSPS) is 10.9. The van der Waals surface area contributed by atoms with Crippen LogP contribution in [-0.2, 0) is 13.1 Å². The molecule has 0 radical (unpaired) electrons. The Morgan fingerprint density at radius 2 is 0.805 bits per heavy atom. The van der Waals surface area contributed by atoms with Gasteiger partial charge in [-0.3, -0.25) is 0 Å². The lowest BCUT2D eigenvalue weighted by molar-refractivity contribution is 0.414. The molecule has 0 aliphatic heterocycles. The van der Waals surface area contributed by atoms with Crippen molar-refractivity contribution in [3.05, 3.63) is 59.7 Å². The zero-order valence-corrected chi connectivity index (χ0v) is 27.8. The Hall–Kier alpha value is -1.13. The molecule has 0 heterocycles. The Morgan fingerprint density at radius 1 is 0.463 bits per heavy atom. The van der Waals surface area contributed by atoms with E-state index in [0.29, 0.717) is 0 Å². The van der Waals surface area contributed by atoms with Gasteiger partial charge in [-0.15, -0.1) is 12.4 Å². The molecule has 0 amide bonds. The smallest absolute Gasteiger partial charge is 0.118 e. The van der Waals surface area contributed by atoms with Crippen molar-refractivity contribution in [2.75, 3.05) is 65.0 Å². The molecule has 2 rings (SSSR count). The summed E-state index contributed by atoms with van der Waals surface area (Å²) in [5.74, 6) is 4.21. The van der Waals surface area contributed by atoms with Gasteiger partial charge in [-0.1, -0.05) is 71.5 Å². The minimum Gasteiger partial charge on any atom is -0.497 e. The van der Waals surface area contributed by atoms with Gasteiger partial charge in [-0.05, 0) is 87.3 Å². The molecule has 0 spiro atoms. The molecule has 0 unspecified atom stereocenters. The van der Waals surface area contributed by atoms with Gasteiger partial charge in [0.2, 0.25) is 0 Å².